The minimum atomic E-state index is -1.56. The maximum Gasteiger partial charge on any atom is 0.339 e. The van der Waals surface area contributed by atoms with E-state index in [0.717, 1.165) is 22.0 Å². The fourth-order valence-electron chi connectivity index (χ4n) is 2.51. The number of esters is 1. The summed E-state index contributed by atoms with van der Waals surface area (Å²) < 4.78 is 6.22. The Labute approximate surface area is 184 Å². The van der Waals surface area contributed by atoms with Gasteiger partial charge in [0.1, 0.15) is 8.07 Å². The zero-order chi connectivity index (χ0) is 21.2. The van der Waals surface area contributed by atoms with Crippen LogP contribution in [0.1, 0.15) is 68.3 Å². The van der Waals surface area contributed by atoms with Gasteiger partial charge in [-0.15, -0.1) is 5.54 Å². The minimum absolute atomic E-state index is 0.191. The fourth-order valence-corrected chi connectivity index (χ4v) is 3.70. The van der Waals surface area contributed by atoms with E-state index in [-0.39, 0.29) is 11.9 Å². The largest absolute Gasteiger partial charge is 0.462 e. The van der Waals surface area contributed by atoms with E-state index in [1.165, 1.54) is 32.6 Å². The molecule has 154 valence electrons. The summed E-state index contributed by atoms with van der Waals surface area (Å²) in [6.07, 6.45) is 6.86. The molecule has 1 N–H and O–H groups in total. The smallest absolute Gasteiger partial charge is 0.339 e. The Kier molecular flexibility index (Phi) is 10.8. The molecule has 0 bridgehead atoms. The second-order valence-corrected chi connectivity index (χ2v) is 13.9. The minimum Gasteiger partial charge on any atom is -0.462 e. The van der Waals surface area contributed by atoms with Gasteiger partial charge in [0.05, 0.1) is 17.9 Å². The maximum atomic E-state index is 12.5. The van der Waals surface area contributed by atoms with Gasteiger partial charge in [-0.1, -0.05) is 64.6 Å². The van der Waals surface area contributed by atoms with Crippen LogP contribution in [0.3, 0.4) is 0 Å². The topological polar surface area (TPSA) is 55.4 Å². The number of amides is 1. The van der Waals surface area contributed by atoms with E-state index >= 15 is 0 Å². The summed E-state index contributed by atoms with van der Waals surface area (Å²) in [5.74, 6) is 2.64. The third kappa shape index (κ3) is 9.74. The highest BCUT2D eigenvalue weighted by molar-refractivity contribution is 14.1. The number of ether oxygens (including phenoxy) is 1. The number of anilines is 1. The molecule has 0 unspecified atom stereocenters. The van der Waals surface area contributed by atoms with Crippen LogP contribution in [0.2, 0.25) is 19.6 Å². The van der Waals surface area contributed by atoms with E-state index in [9.17, 15) is 9.59 Å². The van der Waals surface area contributed by atoms with Gasteiger partial charge >= 0.3 is 5.97 Å². The third-order valence-corrected chi connectivity index (χ3v) is 5.71. The summed E-state index contributed by atoms with van der Waals surface area (Å²) in [5.41, 5.74) is 5.07. The maximum absolute atomic E-state index is 12.5. The molecule has 1 aromatic carbocycles. The summed E-state index contributed by atoms with van der Waals surface area (Å²) >= 11 is 2.13. The first-order chi connectivity index (χ1) is 13.1. The molecule has 0 saturated carbocycles. The first-order valence-electron chi connectivity index (χ1n) is 9.95. The fraction of sp³-hybridized carbons (Fsp3) is 0.545. The highest BCUT2D eigenvalue weighted by Gasteiger charge is 2.16. The summed E-state index contributed by atoms with van der Waals surface area (Å²) in [6, 6.07) is 3.53. The van der Waals surface area contributed by atoms with Crippen molar-refractivity contribution in [3.8, 4) is 11.5 Å². The van der Waals surface area contributed by atoms with Gasteiger partial charge in [0.25, 0.3) is 0 Å². The monoisotopic (exact) mass is 513 g/mol. The Morgan fingerprint density at radius 3 is 2.36 bits per heavy atom. The molecule has 1 amide bonds. The van der Waals surface area contributed by atoms with Gasteiger partial charge in [0, 0.05) is 16.1 Å². The number of rotatable bonds is 9. The molecule has 0 heterocycles. The molecule has 1 aromatic rings. The Morgan fingerprint density at radius 1 is 1.11 bits per heavy atom. The Balaban J connectivity index is 2.86. The van der Waals surface area contributed by atoms with Gasteiger partial charge in [0.15, 0.2) is 0 Å². The van der Waals surface area contributed by atoms with Gasteiger partial charge in [0.2, 0.25) is 5.91 Å². The van der Waals surface area contributed by atoms with Crippen LogP contribution >= 0.6 is 22.6 Å². The number of carbonyl (C=O) groups excluding carboxylic acids is 2. The van der Waals surface area contributed by atoms with Crippen LogP contribution in [0.25, 0.3) is 0 Å². The van der Waals surface area contributed by atoms with Crippen molar-refractivity contribution in [2.45, 2.75) is 72.0 Å². The van der Waals surface area contributed by atoms with Crippen molar-refractivity contribution in [1.82, 2.24) is 0 Å². The predicted molar refractivity (Wildman–Crippen MR) is 127 cm³/mol. The van der Waals surface area contributed by atoms with Crippen LogP contribution in [0.4, 0.5) is 5.69 Å². The molecule has 0 radical (unpaired) electrons. The Morgan fingerprint density at radius 2 is 1.75 bits per heavy atom. The van der Waals surface area contributed by atoms with Crippen molar-refractivity contribution in [3.63, 3.8) is 0 Å². The van der Waals surface area contributed by atoms with Crippen LogP contribution in [0.5, 0.6) is 0 Å². The van der Waals surface area contributed by atoms with Gasteiger partial charge in [-0.2, -0.15) is 0 Å². The molecule has 0 aliphatic carbocycles. The van der Waals surface area contributed by atoms with Gasteiger partial charge in [-0.05, 0) is 41.1 Å². The molecule has 6 heteroatoms. The molecule has 4 nitrogen and oxygen atoms in total. The van der Waals surface area contributed by atoms with Crippen molar-refractivity contribution in [2.75, 3.05) is 11.9 Å². The quantitative estimate of drug-likeness (QED) is 0.145. The first kappa shape index (κ1) is 24.7. The number of nitrogens with one attached hydrogen (secondary N) is 1. The molecule has 28 heavy (non-hydrogen) atoms. The zero-order valence-electron chi connectivity index (χ0n) is 17.7. The summed E-state index contributed by atoms with van der Waals surface area (Å²) in [4.78, 5) is 24.1. The van der Waals surface area contributed by atoms with E-state index in [2.05, 4.69) is 65.9 Å². The molecule has 1 rings (SSSR count). The normalized spacial score (nSPS) is 10.8. The average molecular weight is 513 g/mol. The van der Waals surface area contributed by atoms with Gasteiger partial charge in [-0.3, -0.25) is 4.79 Å². The van der Waals surface area contributed by atoms with Crippen molar-refractivity contribution < 1.29 is 14.3 Å². The summed E-state index contributed by atoms with van der Waals surface area (Å²) in [6.45, 7) is 10.6. The van der Waals surface area contributed by atoms with Gasteiger partial charge < -0.3 is 10.1 Å². The van der Waals surface area contributed by atoms with Crippen LogP contribution in [-0.2, 0) is 9.53 Å². The van der Waals surface area contributed by atoms with Crippen LogP contribution in [0.15, 0.2) is 12.1 Å². The second kappa shape index (κ2) is 12.3. The highest BCUT2D eigenvalue weighted by Crippen LogP contribution is 2.24. The number of carbonyl (C=O) groups is 2. The lowest BCUT2D eigenvalue weighted by molar-refractivity contribution is -0.114. The number of hydrogen-bond acceptors (Lipinski definition) is 3. The molecule has 0 aliphatic rings. The van der Waals surface area contributed by atoms with Crippen LogP contribution < -0.4 is 5.32 Å². The van der Waals surface area contributed by atoms with E-state index in [1.54, 1.807) is 6.07 Å². The Hall–Kier alpha value is -1.33. The van der Waals surface area contributed by atoms with E-state index in [4.69, 9.17) is 4.74 Å². The first-order valence-corrected chi connectivity index (χ1v) is 14.5. The molecular formula is C22H32INO3Si. The lowest BCUT2D eigenvalue weighted by Crippen LogP contribution is -2.17. The summed E-state index contributed by atoms with van der Waals surface area (Å²) in [7, 11) is -1.56. The van der Waals surface area contributed by atoms with E-state index in [1.807, 2.05) is 6.07 Å². The number of halogens is 1. The molecule has 0 atom stereocenters. The van der Waals surface area contributed by atoms with Crippen LogP contribution in [0, 0.1) is 15.0 Å². The highest BCUT2D eigenvalue weighted by atomic mass is 127. The van der Waals surface area contributed by atoms with Crippen molar-refractivity contribution >= 4 is 48.2 Å². The molecule has 0 fully saturated rings. The van der Waals surface area contributed by atoms with Crippen LogP contribution in [-0.4, -0.2) is 26.6 Å². The predicted octanol–water partition coefficient (Wildman–Crippen LogP) is 6.00. The Bertz CT molecular complexity index is 745. The number of hydrogen-bond donors (Lipinski definition) is 1. The molecule has 0 saturated heterocycles. The SMILES string of the molecule is CCCCCCCCOC(=O)c1cc(NC(C)=O)c(C#C[Si](C)(C)C)cc1I. The molecule has 0 aliphatic heterocycles. The van der Waals surface area contributed by atoms with Crippen molar-refractivity contribution in [1.29, 1.82) is 0 Å². The molecular weight excluding hydrogens is 481 g/mol. The number of unbranched alkanes of at least 4 members (excludes halogenated alkanes) is 5. The summed E-state index contributed by atoms with van der Waals surface area (Å²) in [5, 5.41) is 2.79. The van der Waals surface area contributed by atoms with E-state index in [0.29, 0.717) is 17.9 Å². The average Bonchev–Trinajstić information content (AvgIpc) is 2.59. The number of benzene rings is 1. The molecule has 0 aromatic heterocycles. The van der Waals surface area contributed by atoms with Crippen molar-refractivity contribution in [2.24, 2.45) is 0 Å². The lowest BCUT2D eigenvalue weighted by atomic mass is 10.1. The van der Waals surface area contributed by atoms with E-state index < -0.39 is 8.07 Å². The van der Waals surface area contributed by atoms with Gasteiger partial charge in [-0.25, -0.2) is 4.79 Å². The zero-order valence-corrected chi connectivity index (χ0v) is 20.9. The molecule has 0 spiro atoms. The third-order valence-electron chi connectivity index (χ3n) is 3.94. The van der Waals surface area contributed by atoms with Crippen molar-refractivity contribution in [3.05, 3.63) is 26.8 Å². The lowest BCUT2D eigenvalue weighted by Gasteiger charge is -2.12. The second-order valence-electron chi connectivity index (χ2n) is 7.96. The standard InChI is InChI=1S/C22H32INO3Si/c1-6-7-8-9-10-11-13-27-22(26)19-16-21(24-17(2)25)18(15-20(19)23)12-14-28(3,4)5/h15-16H,6-11,13H2,1-5H3,(H,24,25).